The number of hydrogen-bond donors (Lipinski definition) is 2. The van der Waals surface area contributed by atoms with Crippen LogP contribution in [0, 0.1) is 0 Å². The van der Waals surface area contributed by atoms with Gasteiger partial charge >= 0.3 is 5.51 Å². The Kier molecular flexibility index (Phi) is 6.40. The van der Waals surface area contributed by atoms with E-state index < -0.39 is 21.8 Å². The van der Waals surface area contributed by atoms with E-state index >= 15 is 0 Å². The molecule has 0 radical (unpaired) electrons. The van der Waals surface area contributed by atoms with Crippen LogP contribution in [0.2, 0.25) is 0 Å². The van der Waals surface area contributed by atoms with Gasteiger partial charge in [-0.3, -0.25) is 4.21 Å². The zero-order chi connectivity index (χ0) is 23.9. The number of rotatable bonds is 6. The molecule has 2 fully saturated rings. The van der Waals surface area contributed by atoms with Crippen LogP contribution in [0.25, 0.3) is 0 Å². The van der Waals surface area contributed by atoms with Crippen LogP contribution in [0.3, 0.4) is 0 Å². The Morgan fingerprint density at radius 1 is 1.21 bits per heavy atom. The smallest absolute Gasteiger partial charge is 0.446 e. The highest BCUT2D eigenvalue weighted by atomic mass is 32.2. The molecule has 0 spiro atoms. The summed E-state index contributed by atoms with van der Waals surface area (Å²) in [5, 5.41) is 13.2. The lowest BCUT2D eigenvalue weighted by Crippen LogP contribution is -2.48. The largest absolute Gasteiger partial charge is 0.463 e. The molecule has 5 rings (SSSR count). The Morgan fingerprint density at radius 2 is 1.91 bits per heavy atom. The summed E-state index contributed by atoms with van der Waals surface area (Å²) in [4.78, 5) is 11.9. The van der Waals surface area contributed by atoms with E-state index in [0.29, 0.717) is 35.6 Å². The standard InChI is InChI=1S/C22H25F3N4O3S2/c23-22(24,25)33-16-4-2-14(3-5-16)15-6-10-29(11-7-15)20-26-18(28-21(12-30)8-1-9-21)17-19(27-20)32-13-34(17)31/h2-5,15,30H,1,6-13H2,(H,26,27,28)/t34-/m1/s1. The number of alkyl halides is 3. The number of benzene rings is 1. The number of aliphatic hydroxyl groups is 1. The Morgan fingerprint density at radius 3 is 2.50 bits per heavy atom. The predicted molar refractivity (Wildman–Crippen MR) is 124 cm³/mol. The Bertz CT molecular complexity index is 1070. The molecule has 1 aromatic heterocycles. The van der Waals surface area contributed by atoms with E-state index in [0.717, 1.165) is 37.7 Å². The minimum Gasteiger partial charge on any atom is -0.463 e. The molecule has 1 aliphatic carbocycles. The van der Waals surface area contributed by atoms with Crippen molar-refractivity contribution in [1.29, 1.82) is 0 Å². The van der Waals surface area contributed by atoms with Gasteiger partial charge in [0.05, 0.1) is 12.1 Å². The van der Waals surface area contributed by atoms with Crippen LogP contribution in [-0.4, -0.2) is 56.0 Å². The highest BCUT2D eigenvalue weighted by Crippen LogP contribution is 2.41. The molecule has 0 unspecified atom stereocenters. The van der Waals surface area contributed by atoms with Crippen molar-refractivity contribution >= 4 is 34.3 Å². The monoisotopic (exact) mass is 514 g/mol. The Hall–Kier alpha value is -2.05. The van der Waals surface area contributed by atoms with E-state index in [-0.39, 0.29) is 35.1 Å². The maximum Gasteiger partial charge on any atom is 0.446 e. The number of nitrogens with zero attached hydrogens (tertiary/aromatic N) is 3. The first-order valence-electron chi connectivity index (χ1n) is 11.2. The number of piperidine rings is 1. The second-order valence-corrected chi connectivity index (χ2v) is 11.4. The molecule has 34 heavy (non-hydrogen) atoms. The number of hydrogen-bond acceptors (Lipinski definition) is 8. The van der Waals surface area contributed by atoms with Gasteiger partial charge in [0.25, 0.3) is 0 Å². The fourth-order valence-electron chi connectivity index (χ4n) is 4.65. The number of nitrogens with one attached hydrogen (secondary N) is 1. The van der Waals surface area contributed by atoms with Crippen molar-refractivity contribution in [1.82, 2.24) is 9.97 Å². The molecule has 1 saturated heterocycles. The summed E-state index contributed by atoms with van der Waals surface area (Å²) < 4.78 is 55.8. The number of thioether (sulfide) groups is 1. The number of ether oxygens (including phenoxy) is 1. The fourth-order valence-corrected chi connectivity index (χ4v) is 6.14. The second kappa shape index (κ2) is 9.19. The molecule has 12 heteroatoms. The molecule has 7 nitrogen and oxygen atoms in total. The SMILES string of the molecule is O=[S@@]1COc2nc(N3CCC(c4ccc(SC(F)(F)F)cc4)CC3)nc(NC3(CO)CCC3)c21. The molecule has 3 aliphatic rings. The Balaban J connectivity index is 1.29. The zero-order valence-corrected chi connectivity index (χ0v) is 19.9. The molecule has 1 saturated carbocycles. The molecule has 0 amide bonds. The van der Waals surface area contributed by atoms with Crippen LogP contribution < -0.4 is 15.0 Å². The number of aliphatic hydroxyl groups excluding tert-OH is 1. The lowest BCUT2D eigenvalue weighted by Gasteiger charge is -2.41. The van der Waals surface area contributed by atoms with Gasteiger partial charge < -0.3 is 20.1 Å². The maximum atomic E-state index is 12.6. The van der Waals surface area contributed by atoms with Crippen LogP contribution in [0.1, 0.15) is 43.6 Å². The van der Waals surface area contributed by atoms with Gasteiger partial charge in [0.2, 0.25) is 11.8 Å². The number of aromatic nitrogens is 2. The van der Waals surface area contributed by atoms with Crippen LogP contribution in [0.4, 0.5) is 24.9 Å². The molecular weight excluding hydrogens is 489 g/mol. The molecule has 1 atom stereocenters. The first kappa shape index (κ1) is 23.7. The van der Waals surface area contributed by atoms with E-state index in [1.807, 2.05) is 4.90 Å². The summed E-state index contributed by atoms with van der Waals surface area (Å²) in [5.74, 6) is 1.55. The highest BCUT2D eigenvalue weighted by molar-refractivity contribution is 8.00. The van der Waals surface area contributed by atoms with Crippen LogP contribution in [-0.2, 0) is 10.8 Å². The zero-order valence-electron chi connectivity index (χ0n) is 18.3. The normalized spacial score (nSPS) is 22.1. The quantitative estimate of drug-likeness (QED) is 0.553. The van der Waals surface area contributed by atoms with Crippen molar-refractivity contribution in [3.8, 4) is 5.88 Å². The average molecular weight is 515 g/mol. The van der Waals surface area contributed by atoms with Crippen LogP contribution in [0.15, 0.2) is 34.1 Å². The second-order valence-electron chi connectivity index (χ2n) is 8.91. The third kappa shape index (κ3) is 4.85. The fraction of sp³-hybridized carbons (Fsp3) is 0.545. The summed E-state index contributed by atoms with van der Waals surface area (Å²) in [6.45, 7) is 1.33. The van der Waals surface area contributed by atoms with Gasteiger partial charge in [0.15, 0.2) is 11.8 Å². The molecule has 3 heterocycles. The summed E-state index contributed by atoms with van der Waals surface area (Å²) in [7, 11) is -1.36. The molecule has 2 aromatic rings. The number of fused-ring (bicyclic) bond motifs is 1. The lowest BCUT2D eigenvalue weighted by atomic mass is 9.77. The Labute approximate surface area is 202 Å². The van der Waals surface area contributed by atoms with Gasteiger partial charge in [-0.25, -0.2) is 0 Å². The van der Waals surface area contributed by atoms with Crippen molar-refractivity contribution in [2.75, 3.05) is 35.9 Å². The van der Waals surface area contributed by atoms with Gasteiger partial charge in [-0.1, -0.05) is 12.1 Å². The van der Waals surface area contributed by atoms with Gasteiger partial charge in [-0.2, -0.15) is 23.1 Å². The maximum absolute atomic E-state index is 12.6. The molecule has 184 valence electrons. The van der Waals surface area contributed by atoms with Crippen molar-refractivity contribution in [2.45, 2.75) is 58.9 Å². The van der Waals surface area contributed by atoms with Crippen molar-refractivity contribution in [3.63, 3.8) is 0 Å². The van der Waals surface area contributed by atoms with Gasteiger partial charge in [0, 0.05) is 18.0 Å². The number of anilines is 2. The first-order chi connectivity index (χ1) is 16.3. The molecule has 1 aromatic carbocycles. The minimum absolute atomic E-state index is 0.0275. The summed E-state index contributed by atoms with van der Waals surface area (Å²) >= 11 is -0.104. The third-order valence-electron chi connectivity index (χ3n) is 6.71. The van der Waals surface area contributed by atoms with Gasteiger partial charge in [-0.15, -0.1) is 0 Å². The molecule has 2 N–H and O–H groups in total. The predicted octanol–water partition coefficient (Wildman–Crippen LogP) is 4.26. The molecule has 0 bridgehead atoms. The van der Waals surface area contributed by atoms with E-state index in [1.54, 1.807) is 12.1 Å². The van der Waals surface area contributed by atoms with E-state index in [2.05, 4.69) is 15.3 Å². The molecule has 2 aliphatic heterocycles. The van der Waals surface area contributed by atoms with Crippen LogP contribution in [0.5, 0.6) is 5.88 Å². The van der Waals surface area contributed by atoms with Crippen molar-refractivity contribution in [2.24, 2.45) is 0 Å². The average Bonchev–Trinajstić information content (AvgIpc) is 3.17. The first-order valence-corrected chi connectivity index (χ1v) is 13.3. The van der Waals surface area contributed by atoms with Gasteiger partial charge in [-0.05, 0) is 67.5 Å². The topological polar surface area (TPSA) is 87.6 Å². The number of halogens is 3. The summed E-state index contributed by atoms with van der Waals surface area (Å²) in [6.07, 6.45) is 4.26. The molecular formula is C22H25F3N4O3S2. The van der Waals surface area contributed by atoms with Crippen molar-refractivity contribution < 1.29 is 27.2 Å². The van der Waals surface area contributed by atoms with Gasteiger partial charge in [0.1, 0.15) is 15.7 Å². The van der Waals surface area contributed by atoms with E-state index in [4.69, 9.17) is 4.74 Å². The summed E-state index contributed by atoms with van der Waals surface area (Å²) in [5.41, 5.74) is -3.71. The summed E-state index contributed by atoms with van der Waals surface area (Å²) in [6, 6.07) is 6.60. The van der Waals surface area contributed by atoms with Crippen molar-refractivity contribution in [3.05, 3.63) is 29.8 Å². The van der Waals surface area contributed by atoms with Crippen LogP contribution >= 0.6 is 11.8 Å². The third-order valence-corrected chi connectivity index (χ3v) is 8.61. The minimum atomic E-state index is -4.29. The van der Waals surface area contributed by atoms with E-state index in [1.165, 1.54) is 12.1 Å². The highest BCUT2D eigenvalue weighted by Gasteiger charge is 2.39. The lowest BCUT2D eigenvalue weighted by molar-refractivity contribution is -0.0328. The van der Waals surface area contributed by atoms with E-state index in [9.17, 15) is 22.5 Å².